The van der Waals surface area contributed by atoms with E-state index in [0.717, 1.165) is 0 Å². The number of hydrogen-bond acceptors (Lipinski definition) is 3. The molecule has 0 bridgehead atoms. The molecular formula is BBa3Cl3O3. The normalized spacial score (nSPS) is 4.80. The average Bonchev–Trinajstić information content (AvgIpc) is 1.98. The van der Waals surface area contributed by atoms with Crippen LogP contribution in [-0.4, -0.2) is 142 Å². The molecule has 0 spiro atoms. The molecule has 0 radical (unpaired) electrons. The molecule has 0 aromatic carbocycles. The van der Waals surface area contributed by atoms with E-state index in [1.54, 1.807) is 0 Å². The van der Waals surface area contributed by atoms with Gasteiger partial charge in [0.2, 0.25) is 0 Å². The maximum absolute atomic E-state index is 8.42. The minimum absolute atomic E-state index is 0.500. The van der Waals surface area contributed by atoms with Crippen LogP contribution in [0.15, 0.2) is 0 Å². The van der Waals surface area contributed by atoms with Gasteiger partial charge < -0.3 is 15.1 Å². The third-order valence-corrected chi connectivity index (χ3v) is 0. The molecule has 10 heteroatoms. The van der Waals surface area contributed by atoms with Gasteiger partial charge in [-0.1, -0.05) is 0 Å². The minimum Gasteiger partial charge on any atom is -0.907 e. The van der Waals surface area contributed by atoms with Gasteiger partial charge >= 0.3 is 147 Å². The molecule has 0 unspecified atom stereocenters. The van der Waals surface area contributed by atoms with Gasteiger partial charge in [-0.3, -0.25) is 7.32 Å². The fraction of sp³-hybridized carbons (Fsp3) is 0. The summed E-state index contributed by atoms with van der Waals surface area (Å²) in [7, 11) is -2.92. The Labute approximate surface area is 163 Å². The molecule has 0 aromatic rings. The third-order valence-electron chi connectivity index (χ3n) is 0. The van der Waals surface area contributed by atoms with Crippen LogP contribution in [0.3, 0.4) is 0 Å². The first-order valence-electron chi connectivity index (χ1n) is 1.51. The topological polar surface area (TPSA) is 69.2 Å². The van der Waals surface area contributed by atoms with Crippen molar-refractivity contribution in [1.82, 2.24) is 0 Å². The predicted molar refractivity (Wildman–Crippen MR) is 40.6 cm³/mol. The standard InChI is InChI=1S/BO3.3Ba.3ClH/c2-1(3)4;;;;;;/h;;;;3*1H/q-3;3*+2;;;/p-3. The summed E-state index contributed by atoms with van der Waals surface area (Å²) < 4.78 is 14.5. The summed E-state index contributed by atoms with van der Waals surface area (Å²) in [4.78, 5) is 0. The molecule has 0 fully saturated rings. The number of rotatable bonds is 0. The van der Waals surface area contributed by atoms with Crippen LogP contribution in [0.25, 0.3) is 0 Å². The van der Waals surface area contributed by atoms with Gasteiger partial charge in [0.15, 0.2) is 0 Å². The number of hydrogen-bond donors (Lipinski definition) is 0. The fourth-order valence-electron chi connectivity index (χ4n) is 0. The second-order valence-corrected chi connectivity index (χ2v) is 0.289. The van der Waals surface area contributed by atoms with Crippen molar-refractivity contribution >= 4 is 154 Å². The van der Waals surface area contributed by atoms with Crippen molar-refractivity contribution in [1.29, 1.82) is 0 Å². The first-order valence-corrected chi connectivity index (χ1v) is 18.2. The van der Waals surface area contributed by atoms with Gasteiger partial charge in [0, 0.05) is 0 Å². The molecule has 0 heterocycles. The maximum atomic E-state index is 8.42. The van der Waals surface area contributed by atoms with Crippen LogP contribution < -0.4 is 15.1 Å². The Hall–Kier alpha value is 5.53. The molecule has 0 aliphatic rings. The molecule has 0 N–H and O–H groups in total. The zero-order valence-corrected chi connectivity index (χ0v) is 20.6. The molecule has 48 valence electrons. The molecular weight excluding hydrogens is 577 g/mol. The van der Waals surface area contributed by atoms with E-state index >= 15 is 0 Å². The van der Waals surface area contributed by atoms with E-state index < -0.39 is 7.32 Å². The minimum atomic E-state index is -2.92. The molecule has 0 saturated carbocycles. The summed E-state index contributed by atoms with van der Waals surface area (Å²) >= 11 is 1.50. The molecule has 3 nitrogen and oxygen atoms in total. The van der Waals surface area contributed by atoms with Crippen molar-refractivity contribution in [3.63, 3.8) is 0 Å². The monoisotopic (exact) mass is 578 g/mol. The van der Waals surface area contributed by atoms with Crippen LogP contribution in [0.2, 0.25) is 0 Å². The second-order valence-electron chi connectivity index (χ2n) is 0.289. The van der Waals surface area contributed by atoms with E-state index in [0.29, 0.717) is 134 Å². The Morgan fingerprint density at radius 3 is 0.700 bits per heavy atom. The van der Waals surface area contributed by atoms with Gasteiger partial charge in [0.1, 0.15) is 0 Å². The first-order chi connectivity index (χ1) is 4.73. The summed E-state index contributed by atoms with van der Waals surface area (Å²) in [5, 5.41) is 25.2. The van der Waals surface area contributed by atoms with E-state index in [1.807, 2.05) is 0 Å². The summed E-state index contributed by atoms with van der Waals surface area (Å²) in [6.45, 7) is 0. The van der Waals surface area contributed by atoms with Crippen LogP contribution in [0.1, 0.15) is 0 Å². The Kier molecular flexibility index (Phi) is 90.2. The Morgan fingerprint density at radius 1 is 0.700 bits per heavy atom. The molecule has 10 heavy (non-hydrogen) atoms. The Morgan fingerprint density at radius 2 is 0.700 bits per heavy atom. The zero-order chi connectivity index (χ0) is 9.58. The largest absolute Gasteiger partial charge is 0.907 e. The van der Waals surface area contributed by atoms with Crippen molar-refractivity contribution in [2.24, 2.45) is 0 Å². The van der Waals surface area contributed by atoms with Crippen molar-refractivity contribution in [2.45, 2.75) is 0 Å². The second kappa shape index (κ2) is 36.6. The van der Waals surface area contributed by atoms with Gasteiger partial charge in [-0.2, -0.15) is 0 Å². The first kappa shape index (κ1) is 24.7. The van der Waals surface area contributed by atoms with Crippen LogP contribution in [0.5, 0.6) is 0 Å². The molecule has 0 aliphatic heterocycles. The molecule has 0 saturated heterocycles. The molecule has 0 aliphatic carbocycles. The van der Waals surface area contributed by atoms with Crippen molar-refractivity contribution < 1.29 is 15.1 Å². The van der Waals surface area contributed by atoms with Crippen LogP contribution in [-0.2, 0) is 0 Å². The molecule has 0 rings (SSSR count). The summed E-state index contributed by atoms with van der Waals surface area (Å²) in [6, 6.07) is 0. The van der Waals surface area contributed by atoms with Crippen molar-refractivity contribution in [3.05, 3.63) is 0 Å². The Bertz CT molecular complexity index is 23.7. The number of halogens is 3. The molecule has 0 amide bonds. The van der Waals surface area contributed by atoms with Crippen LogP contribution in [0.4, 0.5) is 0 Å². The summed E-state index contributed by atoms with van der Waals surface area (Å²) in [5.41, 5.74) is 0. The van der Waals surface area contributed by atoms with Gasteiger partial charge in [-0.05, 0) is 0 Å². The fourth-order valence-corrected chi connectivity index (χ4v) is 0. The van der Waals surface area contributed by atoms with Gasteiger partial charge in [-0.15, -0.1) is 0 Å². The predicted octanol–water partition coefficient (Wildman–Crippen LogP) is -3.02. The van der Waals surface area contributed by atoms with E-state index in [9.17, 15) is 0 Å². The van der Waals surface area contributed by atoms with Crippen molar-refractivity contribution in [2.75, 3.05) is 0 Å². The van der Waals surface area contributed by atoms with Gasteiger partial charge in [0.05, 0.1) is 0 Å². The molecule has 0 atom stereocenters. The SMILES string of the molecule is [Cl][Ba+].[Cl][Ba+].[Cl][Ba+].[O-]B([O-])[O-]. The smallest absolute Gasteiger partial charge is 0.278 e. The maximum Gasteiger partial charge on any atom is -0.278 e. The van der Waals surface area contributed by atoms with Crippen LogP contribution >= 0.6 is 12.8 Å². The summed E-state index contributed by atoms with van der Waals surface area (Å²) in [5.74, 6) is 0. The van der Waals surface area contributed by atoms with Crippen LogP contribution in [0, 0.1) is 0 Å². The third kappa shape index (κ3) is 69.5. The van der Waals surface area contributed by atoms with Gasteiger partial charge in [0.25, 0.3) is 0 Å². The average molecular weight is 577 g/mol. The quantitative estimate of drug-likeness (QED) is 0.288. The molecule has 0 aromatic heterocycles. The van der Waals surface area contributed by atoms with Gasteiger partial charge in [-0.25, -0.2) is 0 Å². The zero-order valence-electron chi connectivity index (χ0n) is 5.06. The van der Waals surface area contributed by atoms with E-state index in [4.69, 9.17) is 27.8 Å². The van der Waals surface area contributed by atoms with E-state index in [1.165, 1.54) is 0 Å². The Balaban J connectivity index is -0.0000000262. The van der Waals surface area contributed by atoms with E-state index in [2.05, 4.69) is 0 Å². The van der Waals surface area contributed by atoms with Crippen molar-refractivity contribution in [3.8, 4) is 0 Å². The summed E-state index contributed by atoms with van der Waals surface area (Å²) in [6.07, 6.45) is 0. The van der Waals surface area contributed by atoms with E-state index in [-0.39, 0.29) is 0 Å².